The molecule has 2 rings (SSSR count). The summed E-state index contributed by atoms with van der Waals surface area (Å²) in [4.78, 5) is 21.6. The molecule has 0 heterocycles. The third kappa shape index (κ3) is 3.07. The highest BCUT2D eigenvalue weighted by atomic mass is 19.1. The quantitative estimate of drug-likeness (QED) is 0.488. The van der Waals surface area contributed by atoms with Crippen LogP contribution in [0, 0.1) is 27.3 Å². The summed E-state index contributed by atoms with van der Waals surface area (Å²) in [7, 11) is 0. The summed E-state index contributed by atoms with van der Waals surface area (Å²) >= 11 is 0. The standard InChI is InChI=1S/C15H9FN2O4/c1-9(19)11-3-5-15(13(7-11)18(20)21)22-14-4-2-10(8-17)6-12(14)16/h2-7H,1H3. The predicted octanol–water partition coefficient (Wildman–Crippen LogP) is 3.60. The second kappa shape index (κ2) is 6.01. The third-order valence-corrected chi connectivity index (χ3v) is 2.84. The van der Waals surface area contributed by atoms with E-state index in [9.17, 15) is 19.3 Å². The molecule has 2 aromatic rings. The van der Waals surface area contributed by atoms with E-state index in [4.69, 9.17) is 10.00 Å². The van der Waals surface area contributed by atoms with Gasteiger partial charge in [0, 0.05) is 11.6 Å². The third-order valence-electron chi connectivity index (χ3n) is 2.84. The zero-order valence-electron chi connectivity index (χ0n) is 11.4. The predicted molar refractivity (Wildman–Crippen MR) is 74.3 cm³/mol. The summed E-state index contributed by atoms with van der Waals surface area (Å²) in [5.74, 6) is -1.60. The van der Waals surface area contributed by atoms with Crippen molar-refractivity contribution in [2.75, 3.05) is 0 Å². The first kappa shape index (κ1) is 15.1. The smallest absolute Gasteiger partial charge is 0.312 e. The van der Waals surface area contributed by atoms with Crippen LogP contribution in [0.3, 0.4) is 0 Å². The van der Waals surface area contributed by atoms with Gasteiger partial charge in [0.2, 0.25) is 5.75 Å². The molecule has 0 saturated carbocycles. The molecular weight excluding hydrogens is 291 g/mol. The van der Waals surface area contributed by atoms with E-state index in [0.717, 1.165) is 12.1 Å². The zero-order valence-corrected chi connectivity index (χ0v) is 11.4. The van der Waals surface area contributed by atoms with E-state index in [1.54, 1.807) is 6.07 Å². The van der Waals surface area contributed by atoms with Crippen molar-refractivity contribution in [3.05, 3.63) is 63.5 Å². The van der Waals surface area contributed by atoms with Gasteiger partial charge in [-0.2, -0.15) is 5.26 Å². The number of nitro benzene ring substituents is 1. The Bertz CT molecular complexity index is 812. The highest BCUT2D eigenvalue weighted by Gasteiger charge is 2.19. The van der Waals surface area contributed by atoms with E-state index in [1.165, 1.54) is 31.2 Å². The van der Waals surface area contributed by atoms with E-state index in [-0.39, 0.29) is 28.4 Å². The van der Waals surface area contributed by atoms with Crippen LogP contribution in [-0.2, 0) is 0 Å². The molecule has 0 aliphatic heterocycles. The Morgan fingerprint density at radius 3 is 2.50 bits per heavy atom. The topological polar surface area (TPSA) is 93.2 Å². The van der Waals surface area contributed by atoms with Gasteiger partial charge in [-0.15, -0.1) is 0 Å². The molecule has 0 bridgehead atoms. The second-order valence-corrected chi connectivity index (χ2v) is 4.35. The summed E-state index contributed by atoms with van der Waals surface area (Å²) < 4.78 is 19.0. The fourth-order valence-corrected chi connectivity index (χ4v) is 1.74. The lowest BCUT2D eigenvalue weighted by Gasteiger charge is -2.08. The van der Waals surface area contributed by atoms with Crippen LogP contribution in [-0.4, -0.2) is 10.7 Å². The molecule has 22 heavy (non-hydrogen) atoms. The van der Waals surface area contributed by atoms with Gasteiger partial charge in [-0.3, -0.25) is 14.9 Å². The van der Waals surface area contributed by atoms with Crippen molar-refractivity contribution >= 4 is 11.5 Å². The minimum absolute atomic E-state index is 0.103. The molecule has 2 aromatic carbocycles. The molecular formula is C15H9FN2O4. The fraction of sp³-hybridized carbons (Fsp3) is 0.0667. The molecule has 0 saturated heterocycles. The second-order valence-electron chi connectivity index (χ2n) is 4.35. The number of halogens is 1. The van der Waals surface area contributed by atoms with E-state index >= 15 is 0 Å². The molecule has 0 spiro atoms. The molecule has 0 N–H and O–H groups in total. The van der Waals surface area contributed by atoms with Gasteiger partial charge in [0.1, 0.15) is 0 Å². The Labute approximate surface area is 124 Å². The monoisotopic (exact) mass is 300 g/mol. The molecule has 110 valence electrons. The molecule has 7 heteroatoms. The van der Waals surface area contributed by atoms with E-state index in [1.807, 2.05) is 0 Å². The van der Waals surface area contributed by atoms with Crippen molar-refractivity contribution in [3.63, 3.8) is 0 Å². The lowest BCUT2D eigenvalue weighted by Crippen LogP contribution is -1.99. The maximum Gasteiger partial charge on any atom is 0.312 e. The van der Waals surface area contributed by atoms with Gasteiger partial charge >= 0.3 is 5.69 Å². The van der Waals surface area contributed by atoms with Crippen molar-refractivity contribution in [1.29, 1.82) is 5.26 Å². The molecule has 0 aliphatic carbocycles. The Kier molecular flexibility index (Phi) is 4.13. The summed E-state index contributed by atoms with van der Waals surface area (Å²) in [5, 5.41) is 19.7. The van der Waals surface area contributed by atoms with Crippen LogP contribution >= 0.6 is 0 Å². The van der Waals surface area contributed by atoms with Crippen LogP contribution < -0.4 is 4.74 Å². The average molecular weight is 300 g/mol. The van der Waals surface area contributed by atoms with E-state index in [2.05, 4.69) is 0 Å². The van der Waals surface area contributed by atoms with Crippen molar-refractivity contribution in [1.82, 2.24) is 0 Å². The van der Waals surface area contributed by atoms with Crippen molar-refractivity contribution in [3.8, 4) is 17.6 Å². The summed E-state index contributed by atoms with van der Waals surface area (Å²) in [6.07, 6.45) is 0. The van der Waals surface area contributed by atoms with Crippen LogP contribution in [0.5, 0.6) is 11.5 Å². The van der Waals surface area contributed by atoms with Gasteiger partial charge < -0.3 is 4.74 Å². The van der Waals surface area contributed by atoms with E-state index < -0.39 is 16.4 Å². The number of carbonyl (C=O) groups excluding carboxylic acids is 1. The molecule has 0 amide bonds. The largest absolute Gasteiger partial charge is 0.447 e. The summed E-state index contributed by atoms with van der Waals surface area (Å²) in [6.45, 7) is 1.28. The molecule has 0 atom stereocenters. The Morgan fingerprint density at radius 2 is 1.95 bits per heavy atom. The number of ether oxygens (including phenoxy) is 1. The maximum atomic E-state index is 13.8. The molecule has 6 nitrogen and oxygen atoms in total. The van der Waals surface area contributed by atoms with Crippen LogP contribution in [0.15, 0.2) is 36.4 Å². The van der Waals surface area contributed by atoms with Crippen molar-refractivity contribution in [2.45, 2.75) is 6.92 Å². The Balaban J connectivity index is 2.43. The van der Waals surface area contributed by atoms with Gasteiger partial charge in [-0.25, -0.2) is 4.39 Å². The highest BCUT2D eigenvalue weighted by Crippen LogP contribution is 2.33. The molecule has 0 unspecified atom stereocenters. The number of nitro groups is 1. The minimum atomic E-state index is -0.816. The highest BCUT2D eigenvalue weighted by molar-refractivity contribution is 5.95. The first-order valence-electron chi connectivity index (χ1n) is 6.09. The van der Waals surface area contributed by atoms with Crippen LogP contribution in [0.25, 0.3) is 0 Å². The number of hydrogen-bond donors (Lipinski definition) is 0. The van der Waals surface area contributed by atoms with Gasteiger partial charge in [0.15, 0.2) is 17.3 Å². The molecule has 0 fully saturated rings. The fourth-order valence-electron chi connectivity index (χ4n) is 1.74. The summed E-state index contributed by atoms with van der Waals surface area (Å²) in [6, 6.07) is 8.91. The number of benzene rings is 2. The summed E-state index contributed by atoms with van der Waals surface area (Å²) in [5.41, 5.74) is -0.193. The number of Topliss-reactive ketones (excluding diaryl/α,β-unsaturated/α-hetero) is 1. The number of nitriles is 1. The number of rotatable bonds is 4. The molecule has 0 aromatic heterocycles. The number of carbonyl (C=O) groups is 1. The Morgan fingerprint density at radius 1 is 1.27 bits per heavy atom. The van der Waals surface area contributed by atoms with Crippen LogP contribution in [0.4, 0.5) is 10.1 Å². The molecule has 0 aliphatic rings. The number of nitrogens with zero attached hydrogens (tertiary/aromatic N) is 2. The maximum absolute atomic E-state index is 13.8. The average Bonchev–Trinajstić information content (AvgIpc) is 2.49. The minimum Gasteiger partial charge on any atom is -0.447 e. The van der Waals surface area contributed by atoms with Gasteiger partial charge in [-0.05, 0) is 37.3 Å². The first-order valence-corrected chi connectivity index (χ1v) is 6.09. The molecule has 0 radical (unpaired) electrons. The van der Waals surface area contributed by atoms with Gasteiger partial charge in [-0.1, -0.05) is 0 Å². The lowest BCUT2D eigenvalue weighted by molar-refractivity contribution is -0.385. The normalized spacial score (nSPS) is 9.86. The van der Waals surface area contributed by atoms with E-state index in [0.29, 0.717) is 0 Å². The zero-order chi connectivity index (χ0) is 16.3. The SMILES string of the molecule is CC(=O)c1ccc(Oc2ccc(C#N)cc2F)c([N+](=O)[O-])c1. The van der Waals surface area contributed by atoms with Crippen LogP contribution in [0.1, 0.15) is 22.8 Å². The number of ketones is 1. The van der Waals surface area contributed by atoms with Crippen LogP contribution in [0.2, 0.25) is 0 Å². The Hall–Kier alpha value is -3.27. The lowest BCUT2D eigenvalue weighted by atomic mass is 10.1. The first-order chi connectivity index (χ1) is 10.4. The van der Waals surface area contributed by atoms with Gasteiger partial charge in [0.25, 0.3) is 0 Å². The van der Waals surface area contributed by atoms with Gasteiger partial charge in [0.05, 0.1) is 16.6 Å². The van der Waals surface area contributed by atoms with Crippen molar-refractivity contribution < 1.29 is 18.8 Å². The number of hydrogen-bond acceptors (Lipinski definition) is 5. The van der Waals surface area contributed by atoms with Crippen molar-refractivity contribution in [2.24, 2.45) is 0 Å².